The van der Waals surface area contributed by atoms with Crippen LogP contribution in [0.1, 0.15) is 24.2 Å². The van der Waals surface area contributed by atoms with Crippen molar-refractivity contribution in [2.24, 2.45) is 5.92 Å². The number of anilines is 1. The van der Waals surface area contributed by atoms with E-state index >= 15 is 0 Å². The van der Waals surface area contributed by atoms with Crippen molar-refractivity contribution in [1.82, 2.24) is 14.5 Å². The Bertz CT molecular complexity index is 1370. The van der Waals surface area contributed by atoms with E-state index in [4.69, 9.17) is 4.74 Å². The fourth-order valence-corrected chi connectivity index (χ4v) is 3.95. The molecule has 0 aliphatic heterocycles. The number of benzene rings is 3. The molecule has 0 fully saturated rings. The van der Waals surface area contributed by atoms with Gasteiger partial charge in [-0.2, -0.15) is 0 Å². The molecular weight excluding hydrogens is 471 g/mol. The van der Waals surface area contributed by atoms with E-state index in [0.717, 1.165) is 5.56 Å². The molecule has 0 aliphatic rings. The van der Waals surface area contributed by atoms with Gasteiger partial charge in [-0.25, -0.2) is 9.37 Å². The number of ether oxygens (including phenoxy) is 1. The lowest BCUT2D eigenvalue weighted by atomic mass is 10.1. The van der Waals surface area contributed by atoms with Crippen LogP contribution in [-0.4, -0.2) is 46.5 Å². The minimum atomic E-state index is -0.398. The van der Waals surface area contributed by atoms with E-state index in [1.807, 2.05) is 44.2 Å². The van der Waals surface area contributed by atoms with Gasteiger partial charge in [0, 0.05) is 29.6 Å². The van der Waals surface area contributed by atoms with Crippen LogP contribution >= 0.6 is 0 Å². The Kier molecular flexibility index (Phi) is 7.98. The number of carbonyl (C=O) groups is 2. The summed E-state index contributed by atoms with van der Waals surface area (Å²) in [6.07, 6.45) is 1.78. The van der Waals surface area contributed by atoms with Gasteiger partial charge in [-0.15, -0.1) is 0 Å². The van der Waals surface area contributed by atoms with E-state index in [1.54, 1.807) is 47.2 Å². The van der Waals surface area contributed by atoms with Crippen molar-refractivity contribution in [3.05, 3.63) is 96.4 Å². The van der Waals surface area contributed by atoms with Crippen LogP contribution in [0, 0.1) is 11.7 Å². The van der Waals surface area contributed by atoms with Crippen molar-refractivity contribution in [2.75, 3.05) is 25.5 Å². The quantitative estimate of drug-likeness (QED) is 0.333. The van der Waals surface area contributed by atoms with Gasteiger partial charge in [-0.05, 0) is 48.4 Å². The standard InChI is InChI=1S/C29H29FN4O3/c1-20(2)17-33(28(36)22-10-7-11-25(16-22)37-3)19-27(35)32-29-31-26(21-8-5-4-6-9-21)18-34(29)24-14-12-23(30)13-15-24/h4-16,18,20H,17,19H2,1-3H3,(H,31,32,35). The molecule has 1 heterocycles. The average Bonchev–Trinajstić information content (AvgIpc) is 3.32. The third-order valence-electron chi connectivity index (χ3n) is 5.66. The lowest BCUT2D eigenvalue weighted by molar-refractivity contribution is -0.117. The lowest BCUT2D eigenvalue weighted by Crippen LogP contribution is -2.40. The third kappa shape index (κ3) is 6.41. The Morgan fingerprint density at radius 3 is 2.43 bits per heavy atom. The maximum Gasteiger partial charge on any atom is 0.254 e. The van der Waals surface area contributed by atoms with E-state index in [2.05, 4.69) is 10.3 Å². The van der Waals surface area contributed by atoms with Crippen molar-refractivity contribution in [2.45, 2.75) is 13.8 Å². The minimum Gasteiger partial charge on any atom is -0.497 e. The van der Waals surface area contributed by atoms with E-state index in [1.165, 1.54) is 24.1 Å². The molecule has 0 spiro atoms. The number of nitrogens with one attached hydrogen (secondary N) is 1. The molecule has 37 heavy (non-hydrogen) atoms. The molecule has 0 atom stereocenters. The number of hydrogen-bond donors (Lipinski definition) is 1. The van der Waals surface area contributed by atoms with Crippen molar-refractivity contribution in [3.63, 3.8) is 0 Å². The Balaban J connectivity index is 1.61. The second-order valence-corrected chi connectivity index (χ2v) is 9.02. The largest absolute Gasteiger partial charge is 0.497 e. The maximum absolute atomic E-state index is 13.6. The van der Waals surface area contributed by atoms with E-state index < -0.39 is 5.91 Å². The zero-order valence-corrected chi connectivity index (χ0v) is 21.0. The van der Waals surface area contributed by atoms with Crippen LogP contribution in [0.4, 0.5) is 10.3 Å². The van der Waals surface area contributed by atoms with Crippen molar-refractivity contribution in [3.8, 4) is 22.7 Å². The first-order valence-corrected chi connectivity index (χ1v) is 12.0. The molecule has 2 amide bonds. The summed E-state index contributed by atoms with van der Waals surface area (Å²) in [6, 6.07) is 22.3. The Hall–Kier alpha value is -4.46. The first kappa shape index (κ1) is 25.6. The molecule has 4 rings (SSSR count). The first-order valence-electron chi connectivity index (χ1n) is 12.0. The van der Waals surface area contributed by atoms with Crippen LogP contribution in [0.5, 0.6) is 5.75 Å². The van der Waals surface area contributed by atoms with Gasteiger partial charge in [0.15, 0.2) is 0 Å². The molecule has 0 unspecified atom stereocenters. The molecule has 0 aliphatic carbocycles. The van der Waals surface area contributed by atoms with Crippen LogP contribution in [0.25, 0.3) is 16.9 Å². The summed E-state index contributed by atoms with van der Waals surface area (Å²) in [5.41, 5.74) is 2.59. The topological polar surface area (TPSA) is 76.5 Å². The summed E-state index contributed by atoms with van der Waals surface area (Å²) in [6.45, 7) is 4.20. The Labute approximate surface area is 215 Å². The average molecular weight is 501 g/mol. The van der Waals surface area contributed by atoms with Gasteiger partial charge in [-0.3, -0.25) is 19.5 Å². The van der Waals surface area contributed by atoms with Gasteiger partial charge in [0.05, 0.1) is 12.8 Å². The molecule has 8 heteroatoms. The summed E-state index contributed by atoms with van der Waals surface area (Å²) in [5, 5.41) is 2.85. The third-order valence-corrected chi connectivity index (χ3v) is 5.66. The number of aromatic nitrogens is 2. The second-order valence-electron chi connectivity index (χ2n) is 9.02. The second kappa shape index (κ2) is 11.5. The van der Waals surface area contributed by atoms with E-state index in [-0.39, 0.29) is 30.1 Å². The maximum atomic E-state index is 13.6. The number of imidazole rings is 1. The highest BCUT2D eigenvalue weighted by molar-refractivity contribution is 5.99. The van der Waals surface area contributed by atoms with Crippen molar-refractivity contribution >= 4 is 17.8 Å². The number of nitrogens with zero attached hydrogens (tertiary/aromatic N) is 3. The SMILES string of the molecule is COc1cccc(C(=O)N(CC(=O)Nc2nc(-c3ccccc3)cn2-c2ccc(F)cc2)CC(C)C)c1. The summed E-state index contributed by atoms with van der Waals surface area (Å²) < 4.78 is 20.5. The fourth-order valence-electron chi connectivity index (χ4n) is 3.95. The smallest absolute Gasteiger partial charge is 0.254 e. The van der Waals surface area contributed by atoms with Crippen LogP contribution < -0.4 is 10.1 Å². The molecule has 0 saturated heterocycles. The summed E-state index contributed by atoms with van der Waals surface area (Å²) in [5.74, 6) is -0.0465. The van der Waals surface area contributed by atoms with Gasteiger partial charge in [0.2, 0.25) is 11.9 Å². The number of rotatable bonds is 9. The summed E-state index contributed by atoms with van der Waals surface area (Å²) >= 11 is 0. The van der Waals surface area contributed by atoms with Gasteiger partial charge >= 0.3 is 0 Å². The van der Waals surface area contributed by atoms with Crippen LogP contribution in [0.3, 0.4) is 0 Å². The van der Waals surface area contributed by atoms with E-state index in [9.17, 15) is 14.0 Å². The molecule has 0 radical (unpaired) electrons. The summed E-state index contributed by atoms with van der Waals surface area (Å²) in [7, 11) is 1.54. The molecule has 7 nitrogen and oxygen atoms in total. The Morgan fingerprint density at radius 2 is 1.76 bits per heavy atom. The number of hydrogen-bond acceptors (Lipinski definition) is 4. The molecule has 0 bridgehead atoms. The molecule has 190 valence electrons. The summed E-state index contributed by atoms with van der Waals surface area (Å²) in [4.78, 5) is 32.6. The number of amides is 2. The first-order chi connectivity index (χ1) is 17.8. The zero-order chi connectivity index (χ0) is 26.4. The normalized spacial score (nSPS) is 10.8. The van der Waals surface area contributed by atoms with Crippen molar-refractivity contribution in [1.29, 1.82) is 0 Å². The number of carbonyl (C=O) groups excluding carboxylic acids is 2. The van der Waals surface area contributed by atoms with Gasteiger partial charge < -0.3 is 9.64 Å². The highest BCUT2D eigenvalue weighted by Crippen LogP contribution is 2.24. The molecule has 4 aromatic rings. The predicted octanol–water partition coefficient (Wildman–Crippen LogP) is 5.42. The number of halogens is 1. The lowest BCUT2D eigenvalue weighted by Gasteiger charge is -2.24. The van der Waals surface area contributed by atoms with Crippen molar-refractivity contribution < 1.29 is 18.7 Å². The molecule has 3 aromatic carbocycles. The van der Waals surface area contributed by atoms with Crippen LogP contribution in [0.15, 0.2) is 85.1 Å². The monoisotopic (exact) mass is 500 g/mol. The molecule has 0 saturated carbocycles. The van der Waals surface area contributed by atoms with Gasteiger partial charge in [0.25, 0.3) is 5.91 Å². The Morgan fingerprint density at radius 1 is 1.03 bits per heavy atom. The van der Waals surface area contributed by atoms with Crippen LogP contribution in [-0.2, 0) is 4.79 Å². The van der Waals surface area contributed by atoms with Crippen LogP contribution in [0.2, 0.25) is 0 Å². The van der Waals surface area contributed by atoms with E-state index in [0.29, 0.717) is 29.2 Å². The fraction of sp³-hybridized carbons (Fsp3) is 0.207. The molecular formula is C29H29FN4O3. The highest BCUT2D eigenvalue weighted by atomic mass is 19.1. The minimum absolute atomic E-state index is 0.147. The predicted molar refractivity (Wildman–Crippen MR) is 141 cm³/mol. The molecule has 1 N–H and O–H groups in total. The van der Waals surface area contributed by atoms with Gasteiger partial charge in [-0.1, -0.05) is 50.2 Å². The van der Waals surface area contributed by atoms with Gasteiger partial charge in [0.1, 0.15) is 18.1 Å². The highest BCUT2D eigenvalue weighted by Gasteiger charge is 2.22. The zero-order valence-electron chi connectivity index (χ0n) is 21.0. The molecule has 1 aromatic heterocycles. The number of methoxy groups -OCH3 is 1.